The number of aromatic nitrogens is 1. The fourth-order valence-electron chi connectivity index (χ4n) is 1.66. The van der Waals surface area contributed by atoms with E-state index in [9.17, 15) is 9.59 Å². The van der Waals surface area contributed by atoms with Crippen molar-refractivity contribution in [2.45, 2.75) is 26.8 Å². The molecule has 1 aromatic heterocycles. The Kier molecular flexibility index (Phi) is 4.67. The maximum atomic E-state index is 11.6. The first-order chi connectivity index (χ1) is 8.32. The average Bonchev–Trinajstić information content (AvgIpc) is 2.25. The summed E-state index contributed by atoms with van der Waals surface area (Å²) in [4.78, 5) is 26.4. The van der Waals surface area contributed by atoms with Crippen LogP contribution in [0.1, 0.15) is 42.9 Å². The third-order valence-electron chi connectivity index (χ3n) is 2.50. The van der Waals surface area contributed by atoms with Crippen molar-refractivity contribution in [1.82, 2.24) is 10.3 Å². The molecule has 0 fully saturated rings. The van der Waals surface area contributed by atoms with Gasteiger partial charge in [-0.05, 0) is 18.9 Å². The molecule has 0 bridgehead atoms. The van der Waals surface area contributed by atoms with Gasteiger partial charge in [0.2, 0.25) is 0 Å². The van der Waals surface area contributed by atoms with Crippen molar-refractivity contribution in [1.29, 1.82) is 0 Å². The van der Waals surface area contributed by atoms with Gasteiger partial charge in [-0.2, -0.15) is 0 Å². The number of rotatable bonds is 4. The first-order valence-corrected chi connectivity index (χ1v) is 5.86. The number of hydrogen-bond acceptors (Lipinski definition) is 3. The zero-order valence-corrected chi connectivity index (χ0v) is 11.2. The smallest absolute Gasteiger partial charge is 0.405 e. The number of nitrogens with zero attached hydrogens (tertiary/aromatic N) is 1. The molecule has 0 aliphatic carbocycles. The van der Waals surface area contributed by atoms with Crippen LogP contribution in [0.25, 0.3) is 0 Å². The summed E-state index contributed by atoms with van der Waals surface area (Å²) in [5.41, 5.74) is 0.749. The summed E-state index contributed by atoms with van der Waals surface area (Å²) in [6.07, 6.45) is 0.252. The molecule has 1 heterocycles. The quantitative estimate of drug-likeness (QED) is 0.825. The number of carbonyl (C=O) groups excluding carboxylic acids is 1. The van der Waals surface area contributed by atoms with E-state index in [1.165, 1.54) is 19.2 Å². The topological polar surface area (TPSA) is 79.3 Å². The lowest BCUT2D eigenvalue weighted by molar-refractivity contribution is 0.101. The van der Waals surface area contributed by atoms with Gasteiger partial charge in [0, 0.05) is 11.8 Å². The molecule has 1 atom stereocenters. The minimum absolute atomic E-state index is 0.0344. The van der Waals surface area contributed by atoms with Crippen LogP contribution in [0.5, 0.6) is 0 Å². The van der Waals surface area contributed by atoms with Gasteiger partial charge in [-0.3, -0.25) is 9.78 Å². The molecule has 0 aliphatic heterocycles. The monoisotopic (exact) mass is 270 g/mol. The molecule has 1 aromatic rings. The second kappa shape index (κ2) is 5.82. The zero-order valence-electron chi connectivity index (χ0n) is 10.4. The minimum atomic E-state index is -1.15. The molecule has 1 unspecified atom stereocenters. The molecule has 1 amide bonds. The van der Waals surface area contributed by atoms with E-state index in [0.29, 0.717) is 16.3 Å². The number of ketones is 1. The van der Waals surface area contributed by atoms with Crippen LogP contribution < -0.4 is 5.32 Å². The highest BCUT2D eigenvalue weighted by molar-refractivity contribution is 6.30. The Balaban J connectivity index is 3.27. The number of Topliss-reactive ketones (excluding diaryl/α,β-unsaturated/α-hetero) is 1. The number of nitrogens with one attached hydrogen (secondary N) is 1. The summed E-state index contributed by atoms with van der Waals surface area (Å²) in [7, 11) is 0. The highest BCUT2D eigenvalue weighted by Gasteiger charge is 2.24. The molecule has 5 nitrogen and oxygen atoms in total. The molecule has 6 heteroatoms. The van der Waals surface area contributed by atoms with E-state index in [-0.39, 0.29) is 11.7 Å². The molecule has 0 aliphatic rings. The normalized spacial score (nSPS) is 12.3. The highest BCUT2D eigenvalue weighted by atomic mass is 35.5. The van der Waals surface area contributed by atoms with Gasteiger partial charge in [0.1, 0.15) is 0 Å². The predicted molar refractivity (Wildman–Crippen MR) is 68.0 cm³/mol. The Morgan fingerprint density at radius 3 is 2.50 bits per heavy atom. The Labute approximate surface area is 110 Å². The van der Waals surface area contributed by atoms with Gasteiger partial charge < -0.3 is 10.4 Å². The third-order valence-corrected chi connectivity index (χ3v) is 2.71. The lowest BCUT2D eigenvalue weighted by atomic mass is 9.95. The summed E-state index contributed by atoms with van der Waals surface area (Å²) < 4.78 is 0. The Hall–Kier alpha value is -1.62. The predicted octanol–water partition coefficient (Wildman–Crippen LogP) is 2.90. The van der Waals surface area contributed by atoms with Crippen molar-refractivity contribution in [3.63, 3.8) is 0 Å². The SMILES string of the molecule is CC(=O)c1cc(Cl)cnc1C(NC(=O)O)C(C)C. The van der Waals surface area contributed by atoms with E-state index in [1.807, 2.05) is 13.8 Å². The Morgan fingerprint density at radius 1 is 1.44 bits per heavy atom. The number of pyridine rings is 1. The summed E-state index contributed by atoms with van der Waals surface area (Å²) in [6, 6.07) is 0.962. The average molecular weight is 271 g/mol. The maximum absolute atomic E-state index is 11.6. The Morgan fingerprint density at radius 2 is 2.06 bits per heavy atom. The lowest BCUT2D eigenvalue weighted by Crippen LogP contribution is -2.32. The van der Waals surface area contributed by atoms with Crippen LogP contribution in [0.3, 0.4) is 0 Å². The Bertz CT molecular complexity index is 474. The highest BCUT2D eigenvalue weighted by Crippen LogP contribution is 2.25. The van der Waals surface area contributed by atoms with Gasteiger partial charge in [-0.25, -0.2) is 4.79 Å². The van der Waals surface area contributed by atoms with Crippen molar-refractivity contribution in [3.05, 3.63) is 28.5 Å². The van der Waals surface area contributed by atoms with Gasteiger partial charge in [0.15, 0.2) is 5.78 Å². The maximum Gasteiger partial charge on any atom is 0.405 e. The fraction of sp³-hybridized carbons (Fsp3) is 0.417. The van der Waals surface area contributed by atoms with E-state index in [2.05, 4.69) is 10.3 Å². The van der Waals surface area contributed by atoms with Crippen LogP contribution in [-0.2, 0) is 0 Å². The number of hydrogen-bond donors (Lipinski definition) is 2. The van der Waals surface area contributed by atoms with E-state index in [0.717, 1.165) is 0 Å². The second-order valence-electron chi connectivity index (χ2n) is 4.31. The number of halogens is 1. The first kappa shape index (κ1) is 14.4. The van der Waals surface area contributed by atoms with Crippen molar-refractivity contribution in [3.8, 4) is 0 Å². The molecule has 1 rings (SSSR count). The number of carboxylic acid groups (broad SMARTS) is 1. The van der Waals surface area contributed by atoms with Crippen LogP contribution in [0.2, 0.25) is 5.02 Å². The van der Waals surface area contributed by atoms with Crippen LogP contribution in [0.15, 0.2) is 12.3 Å². The van der Waals surface area contributed by atoms with Gasteiger partial charge in [0.05, 0.1) is 16.8 Å². The molecule has 98 valence electrons. The van der Waals surface area contributed by atoms with Crippen LogP contribution in [0, 0.1) is 5.92 Å². The molecule has 0 saturated carbocycles. The molecule has 0 aromatic carbocycles. The second-order valence-corrected chi connectivity index (χ2v) is 4.75. The summed E-state index contributed by atoms with van der Waals surface area (Å²) >= 11 is 5.80. The largest absolute Gasteiger partial charge is 0.465 e. The van der Waals surface area contributed by atoms with Crippen LogP contribution in [0.4, 0.5) is 4.79 Å². The first-order valence-electron chi connectivity index (χ1n) is 5.48. The lowest BCUT2D eigenvalue weighted by Gasteiger charge is -2.22. The van der Waals surface area contributed by atoms with Gasteiger partial charge >= 0.3 is 6.09 Å². The standard InChI is InChI=1S/C12H15ClN2O3/c1-6(2)10(15-12(17)18)11-9(7(3)16)4-8(13)5-14-11/h4-6,10,15H,1-3H3,(H,17,18). The van der Waals surface area contributed by atoms with Crippen LogP contribution >= 0.6 is 11.6 Å². The van der Waals surface area contributed by atoms with E-state index in [4.69, 9.17) is 16.7 Å². The molecule has 0 spiro atoms. The van der Waals surface area contributed by atoms with Crippen molar-refractivity contribution >= 4 is 23.5 Å². The van der Waals surface area contributed by atoms with Crippen molar-refractivity contribution in [2.75, 3.05) is 0 Å². The molecule has 0 saturated heterocycles. The third kappa shape index (κ3) is 3.43. The molecular weight excluding hydrogens is 256 g/mol. The van der Waals surface area contributed by atoms with Crippen molar-refractivity contribution < 1.29 is 14.7 Å². The van der Waals surface area contributed by atoms with Gasteiger partial charge in [-0.1, -0.05) is 25.4 Å². The van der Waals surface area contributed by atoms with Gasteiger partial charge in [-0.15, -0.1) is 0 Å². The number of carbonyl (C=O) groups is 2. The molecule has 0 radical (unpaired) electrons. The van der Waals surface area contributed by atoms with E-state index < -0.39 is 12.1 Å². The van der Waals surface area contributed by atoms with Crippen LogP contribution in [-0.4, -0.2) is 22.0 Å². The zero-order chi connectivity index (χ0) is 13.9. The number of amides is 1. The summed E-state index contributed by atoms with van der Waals surface area (Å²) in [5, 5.41) is 11.5. The van der Waals surface area contributed by atoms with Gasteiger partial charge in [0.25, 0.3) is 0 Å². The fourth-order valence-corrected chi connectivity index (χ4v) is 1.82. The molecule has 18 heavy (non-hydrogen) atoms. The minimum Gasteiger partial charge on any atom is -0.465 e. The van der Waals surface area contributed by atoms with E-state index >= 15 is 0 Å². The van der Waals surface area contributed by atoms with E-state index in [1.54, 1.807) is 0 Å². The molecular formula is C12H15ClN2O3. The van der Waals surface area contributed by atoms with Crippen molar-refractivity contribution in [2.24, 2.45) is 5.92 Å². The summed E-state index contributed by atoms with van der Waals surface area (Å²) in [5.74, 6) is -0.231. The molecule has 2 N–H and O–H groups in total. The summed E-state index contributed by atoms with van der Waals surface area (Å²) in [6.45, 7) is 5.09.